The molecule has 0 aliphatic carbocycles. The molecular weight excluding hydrogens is 278 g/mol. The van der Waals surface area contributed by atoms with E-state index in [1.165, 1.54) is 6.07 Å². The lowest BCUT2D eigenvalue weighted by atomic mass is 10.2. The molecule has 1 aromatic rings. The number of sulfonamides is 1. The van der Waals surface area contributed by atoms with Gasteiger partial charge in [0.05, 0.1) is 12.2 Å². The van der Waals surface area contributed by atoms with E-state index in [0.717, 1.165) is 12.8 Å². The molecule has 1 heterocycles. The molecule has 1 fully saturated rings. The van der Waals surface area contributed by atoms with Gasteiger partial charge in [-0.1, -0.05) is 12.1 Å². The Morgan fingerprint density at radius 3 is 2.60 bits per heavy atom. The van der Waals surface area contributed by atoms with Crippen molar-refractivity contribution in [2.75, 3.05) is 25.4 Å². The Bertz CT molecular complexity index is 587. The van der Waals surface area contributed by atoms with Crippen molar-refractivity contribution in [2.45, 2.75) is 24.7 Å². The van der Waals surface area contributed by atoms with E-state index in [9.17, 15) is 13.2 Å². The van der Waals surface area contributed by atoms with Crippen LogP contribution in [0.15, 0.2) is 23.1 Å². The van der Waals surface area contributed by atoms with Crippen LogP contribution in [0.1, 0.15) is 18.4 Å². The van der Waals surface area contributed by atoms with Crippen LogP contribution in [0.3, 0.4) is 0 Å². The number of nitrogens with one attached hydrogen (secondary N) is 1. The van der Waals surface area contributed by atoms with Crippen LogP contribution in [0.5, 0.6) is 0 Å². The van der Waals surface area contributed by atoms with E-state index in [0.29, 0.717) is 18.7 Å². The van der Waals surface area contributed by atoms with E-state index in [1.54, 1.807) is 24.0 Å². The second-order valence-electron chi connectivity index (χ2n) is 4.91. The first-order chi connectivity index (χ1) is 9.42. The number of nitrogens with zero attached hydrogens (tertiary/aromatic N) is 1. The number of carbonyl (C=O) groups excluding carboxylic acids is 1. The highest BCUT2D eigenvalue weighted by molar-refractivity contribution is 7.89. The zero-order valence-corrected chi connectivity index (χ0v) is 12.2. The molecule has 2 rings (SSSR count). The first-order valence-corrected chi connectivity index (χ1v) is 8.02. The molecular formula is C13H19N3O3S. The third-order valence-corrected chi connectivity index (χ3v) is 5.00. The number of aryl methyl sites for hydroxylation is 1. The highest BCUT2D eigenvalue weighted by atomic mass is 32.2. The smallest absolute Gasteiger partial charge is 0.243 e. The van der Waals surface area contributed by atoms with Gasteiger partial charge >= 0.3 is 0 Å². The number of nitrogens with two attached hydrogens (primary N) is 1. The fraction of sp³-hybridized carbons (Fsp3) is 0.462. The number of rotatable bonds is 4. The maximum Gasteiger partial charge on any atom is 0.243 e. The van der Waals surface area contributed by atoms with Gasteiger partial charge in [-0.2, -0.15) is 0 Å². The maximum absolute atomic E-state index is 12.2. The molecule has 3 N–H and O–H groups in total. The van der Waals surface area contributed by atoms with Crippen LogP contribution in [0.4, 0.5) is 5.69 Å². The average molecular weight is 297 g/mol. The number of benzene rings is 1. The largest absolute Gasteiger partial charge is 0.398 e. The van der Waals surface area contributed by atoms with E-state index in [-0.39, 0.29) is 23.0 Å². The molecule has 1 aliphatic heterocycles. The Hall–Kier alpha value is -1.60. The van der Waals surface area contributed by atoms with Gasteiger partial charge in [0.25, 0.3) is 0 Å². The van der Waals surface area contributed by atoms with Crippen molar-refractivity contribution in [3.8, 4) is 0 Å². The summed E-state index contributed by atoms with van der Waals surface area (Å²) < 4.78 is 26.8. The van der Waals surface area contributed by atoms with E-state index in [4.69, 9.17) is 5.73 Å². The van der Waals surface area contributed by atoms with E-state index >= 15 is 0 Å². The minimum absolute atomic E-state index is 0.0502. The van der Waals surface area contributed by atoms with Crippen LogP contribution in [0, 0.1) is 6.92 Å². The summed E-state index contributed by atoms with van der Waals surface area (Å²) in [5, 5.41) is 0. The summed E-state index contributed by atoms with van der Waals surface area (Å²) in [6.45, 7) is 2.85. The molecule has 1 saturated heterocycles. The maximum atomic E-state index is 12.2. The van der Waals surface area contributed by atoms with Crippen molar-refractivity contribution in [1.82, 2.24) is 9.62 Å². The molecule has 0 saturated carbocycles. The average Bonchev–Trinajstić information content (AvgIpc) is 2.89. The lowest BCUT2D eigenvalue weighted by Gasteiger charge is -2.16. The summed E-state index contributed by atoms with van der Waals surface area (Å²) >= 11 is 0. The quantitative estimate of drug-likeness (QED) is 0.791. The Balaban J connectivity index is 2.09. The van der Waals surface area contributed by atoms with Crippen LogP contribution in [-0.4, -0.2) is 38.9 Å². The number of hydrogen-bond acceptors (Lipinski definition) is 4. The summed E-state index contributed by atoms with van der Waals surface area (Å²) in [5.74, 6) is -0.196. The van der Waals surface area contributed by atoms with E-state index in [2.05, 4.69) is 4.72 Å². The lowest BCUT2D eigenvalue weighted by Crippen LogP contribution is -2.38. The van der Waals surface area contributed by atoms with Crippen molar-refractivity contribution >= 4 is 21.6 Å². The summed E-state index contributed by atoms with van der Waals surface area (Å²) in [6.07, 6.45) is 1.95. The molecule has 1 aliphatic rings. The summed E-state index contributed by atoms with van der Waals surface area (Å²) in [5.41, 5.74) is 6.47. The van der Waals surface area contributed by atoms with Crippen molar-refractivity contribution < 1.29 is 13.2 Å². The number of carbonyl (C=O) groups is 1. The van der Waals surface area contributed by atoms with E-state index in [1.807, 2.05) is 0 Å². The number of nitrogen functional groups attached to an aromatic ring is 1. The zero-order valence-electron chi connectivity index (χ0n) is 11.4. The van der Waals surface area contributed by atoms with Crippen molar-refractivity contribution in [2.24, 2.45) is 0 Å². The Morgan fingerprint density at radius 1 is 1.35 bits per heavy atom. The second-order valence-corrected chi connectivity index (χ2v) is 6.61. The summed E-state index contributed by atoms with van der Waals surface area (Å²) in [6, 6.07) is 4.90. The van der Waals surface area contributed by atoms with Gasteiger partial charge in [0, 0.05) is 13.1 Å². The Labute approximate surface area is 119 Å². The molecule has 1 aromatic carbocycles. The summed E-state index contributed by atoms with van der Waals surface area (Å²) in [7, 11) is -3.77. The van der Waals surface area contributed by atoms with Gasteiger partial charge < -0.3 is 10.6 Å². The fourth-order valence-electron chi connectivity index (χ4n) is 2.35. The van der Waals surface area contributed by atoms with Crippen molar-refractivity contribution in [3.63, 3.8) is 0 Å². The number of amides is 1. The molecule has 7 heteroatoms. The van der Waals surface area contributed by atoms with Crippen LogP contribution >= 0.6 is 0 Å². The molecule has 0 unspecified atom stereocenters. The number of anilines is 1. The first kappa shape index (κ1) is 14.8. The van der Waals surface area contributed by atoms with Gasteiger partial charge in [0.1, 0.15) is 4.90 Å². The molecule has 20 heavy (non-hydrogen) atoms. The normalized spacial score (nSPS) is 15.6. The molecule has 1 amide bonds. The van der Waals surface area contributed by atoms with Crippen LogP contribution in [0.2, 0.25) is 0 Å². The predicted octanol–water partition coefficient (Wildman–Crippen LogP) is 0.478. The molecule has 110 valence electrons. The zero-order chi connectivity index (χ0) is 14.8. The van der Waals surface area contributed by atoms with Crippen molar-refractivity contribution in [3.05, 3.63) is 23.8 Å². The molecule has 0 radical (unpaired) electrons. The monoisotopic (exact) mass is 297 g/mol. The molecule has 6 nitrogen and oxygen atoms in total. The third-order valence-electron chi connectivity index (χ3n) is 3.38. The summed E-state index contributed by atoms with van der Waals surface area (Å²) in [4.78, 5) is 13.6. The Kier molecular flexibility index (Phi) is 4.29. The molecule has 0 aromatic heterocycles. The Morgan fingerprint density at radius 2 is 2.00 bits per heavy atom. The minimum atomic E-state index is -3.77. The van der Waals surface area contributed by atoms with Crippen molar-refractivity contribution in [1.29, 1.82) is 0 Å². The molecule has 0 atom stereocenters. The van der Waals surface area contributed by atoms with Gasteiger partial charge in [0.2, 0.25) is 15.9 Å². The molecule has 0 bridgehead atoms. The lowest BCUT2D eigenvalue weighted by molar-refractivity contribution is -0.128. The topological polar surface area (TPSA) is 92.5 Å². The van der Waals surface area contributed by atoms with Crippen LogP contribution in [0.25, 0.3) is 0 Å². The molecule has 0 spiro atoms. The SMILES string of the molecule is Cc1cccc(N)c1S(=O)(=O)NCC(=O)N1CCCC1. The van der Waals surface area contributed by atoms with Gasteiger partial charge in [0.15, 0.2) is 0 Å². The van der Waals surface area contributed by atoms with E-state index < -0.39 is 10.0 Å². The number of hydrogen-bond donors (Lipinski definition) is 2. The predicted molar refractivity (Wildman–Crippen MR) is 76.6 cm³/mol. The third kappa shape index (κ3) is 3.10. The highest BCUT2D eigenvalue weighted by Crippen LogP contribution is 2.21. The van der Waals surface area contributed by atoms with Gasteiger partial charge in [-0.3, -0.25) is 4.79 Å². The highest BCUT2D eigenvalue weighted by Gasteiger charge is 2.23. The first-order valence-electron chi connectivity index (χ1n) is 6.54. The standard InChI is InChI=1S/C13H19N3O3S/c1-10-5-4-6-11(14)13(10)20(18,19)15-9-12(17)16-7-2-3-8-16/h4-6,15H,2-3,7-9,14H2,1H3. The van der Waals surface area contributed by atoms with Gasteiger partial charge in [-0.15, -0.1) is 0 Å². The van der Waals surface area contributed by atoms with Crippen LogP contribution in [-0.2, 0) is 14.8 Å². The number of likely N-dealkylation sites (tertiary alicyclic amines) is 1. The minimum Gasteiger partial charge on any atom is -0.398 e. The van der Waals surface area contributed by atoms with Gasteiger partial charge in [-0.25, -0.2) is 13.1 Å². The fourth-order valence-corrected chi connectivity index (χ4v) is 3.68. The second kappa shape index (κ2) is 5.80. The van der Waals surface area contributed by atoms with Crippen LogP contribution < -0.4 is 10.5 Å². The van der Waals surface area contributed by atoms with Gasteiger partial charge in [-0.05, 0) is 31.4 Å².